The summed E-state index contributed by atoms with van der Waals surface area (Å²) in [6.45, 7) is 9.51. The lowest BCUT2D eigenvalue weighted by Gasteiger charge is -2.38. The summed E-state index contributed by atoms with van der Waals surface area (Å²) in [6, 6.07) is 14.0. The number of benzene rings is 2. The number of carbonyl (C=O) groups excluding carboxylic acids is 1. The van der Waals surface area contributed by atoms with Crippen molar-refractivity contribution >= 4 is 28.9 Å². The number of piperazine rings is 1. The molecule has 1 saturated heterocycles. The molecule has 0 bridgehead atoms. The van der Waals surface area contributed by atoms with Crippen LogP contribution in [0.1, 0.15) is 49.3 Å². The number of rotatable bonds is 5. The number of halogens is 1. The van der Waals surface area contributed by atoms with Gasteiger partial charge in [-0.05, 0) is 69.2 Å². The monoisotopic (exact) mass is 492 g/mol. The number of fused-ring (bicyclic) bond motifs is 1. The van der Waals surface area contributed by atoms with E-state index in [2.05, 4.69) is 43.7 Å². The Kier molecular flexibility index (Phi) is 7.07. The molecule has 0 aliphatic carbocycles. The van der Waals surface area contributed by atoms with E-state index in [0.29, 0.717) is 22.3 Å². The van der Waals surface area contributed by atoms with Crippen LogP contribution in [0.3, 0.4) is 0 Å². The van der Waals surface area contributed by atoms with Gasteiger partial charge in [-0.3, -0.25) is 9.69 Å². The van der Waals surface area contributed by atoms with Gasteiger partial charge < -0.3 is 14.8 Å². The van der Waals surface area contributed by atoms with E-state index in [1.165, 1.54) is 6.42 Å². The van der Waals surface area contributed by atoms with Crippen LogP contribution >= 0.6 is 11.6 Å². The lowest BCUT2D eigenvalue weighted by molar-refractivity contribution is 0.102. The minimum Gasteiger partial charge on any atom is -0.369 e. The second-order valence-electron chi connectivity index (χ2n) is 9.71. The van der Waals surface area contributed by atoms with Gasteiger partial charge in [0.25, 0.3) is 5.91 Å². The smallest absolute Gasteiger partial charge is 0.255 e. The fourth-order valence-electron chi connectivity index (χ4n) is 4.98. The highest BCUT2D eigenvalue weighted by atomic mass is 35.5. The molecule has 2 aliphatic heterocycles. The predicted molar refractivity (Wildman–Crippen MR) is 141 cm³/mol. The average molecular weight is 493 g/mol. The number of carbonyl (C=O) groups is 1. The first-order valence-corrected chi connectivity index (χ1v) is 13.0. The third kappa shape index (κ3) is 5.21. The molecule has 7 nitrogen and oxygen atoms in total. The maximum absolute atomic E-state index is 13.0. The highest BCUT2D eigenvalue weighted by molar-refractivity contribution is 6.33. The molecule has 8 heteroatoms. The number of nitrogens with zero attached hydrogens (tertiary/aromatic N) is 5. The fraction of sp³-hybridized carbons (Fsp3) is 0.444. The van der Waals surface area contributed by atoms with Crippen molar-refractivity contribution in [3.05, 3.63) is 58.9 Å². The zero-order valence-corrected chi connectivity index (χ0v) is 21.3. The minimum atomic E-state index is -0.144. The molecule has 0 unspecified atom stereocenters. The standard InChI is InChI=1S/C27H33ClN6O/c1-19(2)32-14-16-33(17-15-32)22-10-7-20(8-11-22)27(35)29-21-9-12-24(28)23(18-21)26-31-30-25-6-4-3-5-13-34(25)26/h7-12,18-19H,3-6,13-17H2,1-2H3,(H,29,35). The van der Waals surface area contributed by atoms with Crippen LogP contribution in [0, 0.1) is 0 Å². The van der Waals surface area contributed by atoms with Gasteiger partial charge in [0.15, 0.2) is 5.82 Å². The van der Waals surface area contributed by atoms with Crippen LogP contribution in [0.4, 0.5) is 11.4 Å². The second kappa shape index (κ2) is 10.4. The quantitative estimate of drug-likeness (QED) is 0.536. The molecule has 0 radical (unpaired) electrons. The highest BCUT2D eigenvalue weighted by Crippen LogP contribution is 2.31. The van der Waals surface area contributed by atoms with Gasteiger partial charge in [0.2, 0.25) is 0 Å². The molecular weight excluding hydrogens is 460 g/mol. The van der Waals surface area contributed by atoms with Crippen LogP contribution in [0.5, 0.6) is 0 Å². The van der Waals surface area contributed by atoms with E-state index in [0.717, 1.165) is 74.9 Å². The van der Waals surface area contributed by atoms with Crippen LogP contribution in [-0.4, -0.2) is 57.8 Å². The Hall–Kier alpha value is -2.90. The van der Waals surface area contributed by atoms with Gasteiger partial charge in [0.05, 0.1) is 5.02 Å². The van der Waals surface area contributed by atoms with Gasteiger partial charge in [-0.2, -0.15) is 0 Å². The van der Waals surface area contributed by atoms with E-state index >= 15 is 0 Å². The van der Waals surface area contributed by atoms with Crippen molar-refractivity contribution in [1.82, 2.24) is 19.7 Å². The lowest BCUT2D eigenvalue weighted by Crippen LogP contribution is -2.48. The number of aromatic nitrogens is 3. The number of hydrogen-bond donors (Lipinski definition) is 1. The summed E-state index contributed by atoms with van der Waals surface area (Å²) in [5.74, 6) is 1.63. The fourth-order valence-corrected chi connectivity index (χ4v) is 5.18. The van der Waals surface area contributed by atoms with Crippen molar-refractivity contribution in [3.63, 3.8) is 0 Å². The largest absolute Gasteiger partial charge is 0.369 e. The van der Waals surface area contributed by atoms with Crippen molar-refractivity contribution in [3.8, 4) is 11.4 Å². The second-order valence-corrected chi connectivity index (χ2v) is 10.1. The van der Waals surface area contributed by atoms with E-state index < -0.39 is 0 Å². The molecule has 0 spiro atoms. The predicted octanol–water partition coefficient (Wildman–Crippen LogP) is 5.11. The summed E-state index contributed by atoms with van der Waals surface area (Å²) in [7, 11) is 0. The number of hydrogen-bond acceptors (Lipinski definition) is 5. The summed E-state index contributed by atoms with van der Waals surface area (Å²) in [4.78, 5) is 17.9. The molecule has 184 valence electrons. The van der Waals surface area contributed by atoms with Gasteiger partial charge in [0, 0.05) is 67.7 Å². The summed E-state index contributed by atoms with van der Waals surface area (Å²) in [5.41, 5.74) is 3.27. The number of aryl methyl sites for hydroxylation is 1. The summed E-state index contributed by atoms with van der Waals surface area (Å²) >= 11 is 6.54. The minimum absolute atomic E-state index is 0.144. The first-order chi connectivity index (χ1) is 17.0. The molecule has 3 heterocycles. The van der Waals surface area contributed by atoms with Gasteiger partial charge in [-0.25, -0.2) is 0 Å². The van der Waals surface area contributed by atoms with Gasteiger partial charge in [-0.15, -0.1) is 10.2 Å². The van der Waals surface area contributed by atoms with Crippen molar-refractivity contribution in [2.45, 2.75) is 52.1 Å². The average Bonchev–Trinajstić information content (AvgIpc) is 3.12. The molecule has 1 amide bonds. The Morgan fingerprint density at radius 3 is 2.46 bits per heavy atom. The SMILES string of the molecule is CC(C)N1CCN(c2ccc(C(=O)Nc3ccc(Cl)c(-c4nnc5n4CCCCC5)c3)cc2)CC1. The third-order valence-corrected chi connectivity index (χ3v) is 7.44. The van der Waals surface area contributed by atoms with Crippen molar-refractivity contribution < 1.29 is 4.79 Å². The van der Waals surface area contributed by atoms with Crippen LogP contribution < -0.4 is 10.2 Å². The summed E-state index contributed by atoms with van der Waals surface area (Å²) in [5, 5.41) is 12.4. The number of anilines is 2. The van der Waals surface area contributed by atoms with Crippen molar-refractivity contribution in [2.75, 3.05) is 36.4 Å². The zero-order chi connectivity index (χ0) is 24.4. The number of nitrogens with one attached hydrogen (secondary N) is 1. The maximum Gasteiger partial charge on any atom is 0.255 e. The Bertz CT molecular complexity index is 1180. The van der Waals surface area contributed by atoms with Gasteiger partial charge >= 0.3 is 0 Å². The molecule has 0 saturated carbocycles. The molecule has 0 atom stereocenters. The Morgan fingerprint density at radius 2 is 1.71 bits per heavy atom. The highest BCUT2D eigenvalue weighted by Gasteiger charge is 2.20. The van der Waals surface area contributed by atoms with Gasteiger partial charge in [-0.1, -0.05) is 18.0 Å². The molecule has 5 rings (SSSR count). The van der Waals surface area contributed by atoms with Crippen LogP contribution in [0.2, 0.25) is 5.02 Å². The molecular formula is C27H33ClN6O. The topological polar surface area (TPSA) is 66.3 Å². The van der Waals surface area contributed by atoms with E-state index in [4.69, 9.17) is 11.6 Å². The summed E-state index contributed by atoms with van der Waals surface area (Å²) < 4.78 is 2.17. The van der Waals surface area contributed by atoms with Crippen molar-refractivity contribution in [2.24, 2.45) is 0 Å². The molecule has 2 aliphatic rings. The van der Waals surface area contributed by atoms with Gasteiger partial charge in [0.1, 0.15) is 5.82 Å². The molecule has 1 fully saturated rings. The molecule has 1 aromatic heterocycles. The van der Waals surface area contributed by atoms with Crippen LogP contribution in [0.25, 0.3) is 11.4 Å². The molecule has 35 heavy (non-hydrogen) atoms. The Balaban J connectivity index is 1.28. The van der Waals surface area contributed by atoms with E-state index in [9.17, 15) is 4.79 Å². The summed E-state index contributed by atoms with van der Waals surface area (Å²) in [6.07, 6.45) is 4.37. The normalized spacial score (nSPS) is 16.7. The van der Waals surface area contributed by atoms with E-state index in [1.54, 1.807) is 0 Å². The maximum atomic E-state index is 13.0. The first-order valence-electron chi connectivity index (χ1n) is 12.6. The van der Waals surface area contributed by atoms with E-state index in [1.807, 2.05) is 42.5 Å². The molecule has 2 aromatic carbocycles. The first kappa shape index (κ1) is 23.8. The van der Waals surface area contributed by atoms with Crippen LogP contribution in [-0.2, 0) is 13.0 Å². The molecule has 1 N–H and O–H groups in total. The van der Waals surface area contributed by atoms with Crippen LogP contribution in [0.15, 0.2) is 42.5 Å². The third-order valence-electron chi connectivity index (χ3n) is 7.11. The van der Waals surface area contributed by atoms with Crippen molar-refractivity contribution in [1.29, 1.82) is 0 Å². The Morgan fingerprint density at radius 1 is 0.943 bits per heavy atom. The number of amides is 1. The lowest BCUT2D eigenvalue weighted by atomic mass is 10.1. The Labute approximate surface area is 212 Å². The van der Waals surface area contributed by atoms with E-state index in [-0.39, 0.29) is 5.91 Å². The zero-order valence-electron chi connectivity index (χ0n) is 20.5. The molecule has 3 aromatic rings.